The number of carbonyl (C=O) groups is 1. The molecule has 1 aromatic rings. The lowest BCUT2D eigenvalue weighted by Crippen LogP contribution is -2.14. The molecule has 5 nitrogen and oxygen atoms in total. The van der Waals surface area contributed by atoms with Gasteiger partial charge in [-0.1, -0.05) is 25.7 Å². The molecule has 0 bridgehead atoms. The zero-order valence-electron chi connectivity index (χ0n) is 12.8. The van der Waals surface area contributed by atoms with Crippen LogP contribution in [0.3, 0.4) is 0 Å². The Hall–Kier alpha value is -1.91. The summed E-state index contributed by atoms with van der Waals surface area (Å²) < 4.78 is 10.4. The molecule has 0 saturated heterocycles. The molecule has 1 aliphatic rings. The average Bonchev–Trinajstić information content (AvgIpc) is 3.00. The Morgan fingerprint density at radius 1 is 1.24 bits per heavy atom. The Morgan fingerprint density at radius 3 is 2.48 bits per heavy atom. The molecule has 0 spiro atoms. The molecule has 0 radical (unpaired) electrons. The molecule has 0 atom stereocenters. The van der Waals surface area contributed by atoms with Crippen LogP contribution in [0.1, 0.15) is 38.5 Å². The predicted octanol–water partition coefficient (Wildman–Crippen LogP) is 3.19. The summed E-state index contributed by atoms with van der Waals surface area (Å²) in [7, 11) is 3.11. The second kappa shape index (κ2) is 7.20. The number of benzene rings is 1. The third-order valence-corrected chi connectivity index (χ3v) is 4.08. The number of ether oxygens (including phenoxy) is 2. The quantitative estimate of drug-likeness (QED) is 0.790. The van der Waals surface area contributed by atoms with E-state index in [1.807, 2.05) is 0 Å². The molecule has 1 amide bonds. The van der Waals surface area contributed by atoms with Crippen molar-refractivity contribution in [3.63, 3.8) is 0 Å². The average molecular weight is 292 g/mol. The van der Waals surface area contributed by atoms with E-state index in [-0.39, 0.29) is 5.91 Å². The highest BCUT2D eigenvalue weighted by molar-refractivity contribution is 5.94. The summed E-state index contributed by atoms with van der Waals surface area (Å²) in [4.78, 5) is 12.0. The lowest BCUT2D eigenvalue weighted by Gasteiger charge is -2.14. The van der Waals surface area contributed by atoms with E-state index in [2.05, 4.69) is 5.32 Å². The SMILES string of the molecule is COc1cc(N)c(NC(=O)CCC2CCCC2)cc1OC. The smallest absolute Gasteiger partial charge is 0.224 e. The van der Waals surface area contributed by atoms with Gasteiger partial charge in [-0.05, 0) is 12.3 Å². The molecule has 0 unspecified atom stereocenters. The first-order valence-electron chi connectivity index (χ1n) is 7.45. The second-order valence-corrected chi connectivity index (χ2v) is 5.53. The molecule has 0 aromatic heterocycles. The first-order valence-corrected chi connectivity index (χ1v) is 7.45. The van der Waals surface area contributed by atoms with E-state index in [1.165, 1.54) is 25.7 Å². The molecule has 1 saturated carbocycles. The van der Waals surface area contributed by atoms with Gasteiger partial charge in [0.2, 0.25) is 5.91 Å². The highest BCUT2D eigenvalue weighted by atomic mass is 16.5. The van der Waals surface area contributed by atoms with Crippen LogP contribution >= 0.6 is 0 Å². The van der Waals surface area contributed by atoms with Gasteiger partial charge in [-0.2, -0.15) is 0 Å². The summed E-state index contributed by atoms with van der Waals surface area (Å²) >= 11 is 0. The van der Waals surface area contributed by atoms with E-state index in [0.717, 1.165) is 6.42 Å². The van der Waals surface area contributed by atoms with Gasteiger partial charge in [0.15, 0.2) is 11.5 Å². The molecule has 5 heteroatoms. The summed E-state index contributed by atoms with van der Waals surface area (Å²) in [6, 6.07) is 3.35. The van der Waals surface area contributed by atoms with Crippen LogP contribution < -0.4 is 20.5 Å². The van der Waals surface area contributed by atoms with E-state index >= 15 is 0 Å². The van der Waals surface area contributed by atoms with Crippen molar-refractivity contribution in [1.29, 1.82) is 0 Å². The fourth-order valence-electron chi connectivity index (χ4n) is 2.85. The molecule has 2 rings (SSSR count). The fourth-order valence-corrected chi connectivity index (χ4v) is 2.85. The number of hydrogen-bond donors (Lipinski definition) is 2. The minimum Gasteiger partial charge on any atom is -0.493 e. The van der Waals surface area contributed by atoms with Crippen molar-refractivity contribution < 1.29 is 14.3 Å². The van der Waals surface area contributed by atoms with Crippen molar-refractivity contribution in [3.05, 3.63) is 12.1 Å². The number of nitrogen functional groups attached to an aromatic ring is 1. The van der Waals surface area contributed by atoms with E-state index in [9.17, 15) is 4.79 Å². The maximum absolute atomic E-state index is 12.0. The minimum absolute atomic E-state index is 0.000759. The lowest BCUT2D eigenvalue weighted by atomic mass is 10.0. The second-order valence-electron chi connectivity index (χ2n) is 5.53. The van der Waals surface area contributed by atoms with Gasteiger partial charge in [0.1, 0.15) is 0 Å². The van der Waals surface area contributed by atoms with Gasteiger partial charge >= 0.3 is 0 Å². The van der Waals surface area contributed by atoms with E-state index in [4.69, 9.17) is 15.2 Å². The Labute approximate surface area is 125 Å². The van der Waals surface area contributed by atoms with Crippen molar-refractivity contribution in [3.8, 4) is 11.5 Å². The van der Waals surface area contributed by atoms with Crippen molar-refractivity contribution in [2.45, 2.75) is 38.5 Å². The van der Waals surface area contributed by atoms with Gasteiger partial charge in [0, 0.05) is 18.6 Å². The first-order chi connectivity index (χ1) is 10.1. The van der Waals surface area contributed by atoms with Crippen LogP contribution in [0.4, 0.5) is 11.4 Å². The third-order valence-electron chi connectivity index (χ3n) is 4.08. The van der Waals surface area contributed by atoms with Gasteiger partial charge in [0.05, 0.1) is 25.6 Å². The standard InChI is InChI=1S/C16H24N2O3/c1-20-14-9-12(17)13(10-15(14)21-2)18-16(19)8-7-11-5-3-4-6-11/h9-11H,3-8,17H2,1-2H3,(H,18,19). The van der Waals surface area contributed by atoms with Crippen LogP contribution in [-0.2, 0) is 4.79 Å². The van der Waals surface area contributed by atoms with Crippen molar-refractivity contribution in [1.82, 2.24) is 0 Å². The molecule has 3 N–H and O–H groups in total. The van der Waals surface area contributed by atoms with Crippen LogP contribution in [0.25, 0.3) is 0 Å². The van der Waals surface area contributed by atoms with Crippen LogP contribution in [0, 0.1) is 5.92 Å². The number of nitrogens with one attached hydrogen (secondary N) is 1. The fraction of sp³-hybridized carbons (Fsp3) is 0.562. The Kier molecular flexibility index (Phi) is 5.31. The molecule has 0 aliphatic heterocycles. The number of carbonyl (C=O) groups excluding carboxylic acids is 1. The van der Waals surface area contributed by atoms with Gasteiger partial charge in [-0.3, -0.25) is 4.79 Å². The number of nitrogens with two attached hydrogens (primary N) is 1. The summed E-state index contributed by atoms with van der Waals surface area (Å²) in [5.41, 5.74) is 6.98. The first kappa shape index (κ1) is 15.5. The largest absolute Gasteiger partial charge is 0.493 e. The molecule has 21 heavy (non-hydrogen) atoms. The normalized spacial score (nSPS) is 15.0. The number of anilines is 2. The van der Waals surface area contributed by atoms with E-state index < -0.39 is 0 Å². The molecule has 1 fully saturated rings. The number of rotatable bonds is 6. The topological polar surface area (TPSA) is 73.6 Å². The Balaban J connectivity index is 1.96. The summed E-state index contributed by atoms with van der Waals surface area (Å²) in [6.07, 6.45) is 6.61. The van der Waals surface area contributed by atoms with Crippen LogP contribution in [0.2, 0.25) is 0 Å². The Morgan fingerprint density at radius 2 is 1.86 bits per heavy atom. The van der Waals surface area contributed by atoms with Gasteiger partial charge < -0.3 is 20.5 Å². The molecule has 0 heterocycles. The third kappa shape index (κ3) is 4.03. The number of methoxy groups -OCH3 is 2. The van der Waals surface area contributed by atoms with Crippen LogP contribution in [0.15, 0.2) is 12.1 Å². The highest BCUT2D eigenvalue weighted by Crippen LogP contribution is 2.35. The minimum atomic E-state index is 0.000759. The van der Waals surface area contributed by atoms with E-state index in [1.54, 1.807) is 26.4 Å². The number of amides is 1. The van der Waals surface area contributed by atoms with Gasteiger partial charge in [0.25, 0.3) is 0 Å². The zero-order chi connectivity index (χ0) is 15.2. The van der Waals surface area contributed by atoms with Crippen LogP contribution in [0.5, 0.6) is 11.5 Å². The molecular weight excluding hydrogens is 268 g/mol. The van der Waals surface area contributed by atoms with Gasteiger partial charge in [-0.15, -0.1) is 0 Å². The summed E-state index contributed by atoms with van der Waals surface area (Å²) in [6.45, 7) is 0. The maximum Gasteiger partial charge on any atom is 0.224 e. The molecule has 116 valence electrons. The Bertz CT molecular complexity index is 497. The predicted molar refractivity (Wildman–Crippen MR) is 83.8 cm³/mol. The zero-order valence-corrected chi connectivity index (χ0v) is 12.8. The summed E-state index contributed by atoms with van der Waals surface area (Å²) in [5.74, 6) is 1.82. The van der Waals surface area contributed by atoms with Gasteiger partial charge in [-0.25, -0.2) is 0 Å². The lowest BCUT2D eigenvalue weighted by molar-refractivity contribution is -0.116. The maximum atomic E-state index is 12.0. The van der Waals surface area contributed by atoms with Crippen LogP contribution in [-0.4, -0.2) is 20.1 Å². The molecular formula is C16H24N2O3. The van der Waals surface area contributed by atoms with Crippen molar-refractivity contribution >= 4 is 17.3 Å². The highest BCUT2D eigenvalue weighted by Gasteiger charge is 2.17. The number of hydrogen-bond acceptors (Lipinski definition) is 4. The van der Waals surface area contributed by atoms with Crippen molar-refractivity contribution in [2.24, 2.45) is 5.92 Å². The molecule has 1 aliphatic carbocycles. The van der Waals surface area contributed by atoms with Crippen molar-refractivity contribution in [2.75, 3.05) is 25.3 Å². The summed E-state index contributed by atoms with van der Waals surface area (Å²) in [5, 5.41) is 2.86. The molecule has 1 aromatic carbocycles. The monoisotopic (exact) mass is 292 g/mol. The van der Waals surface area contributed by atoms with E-state index in [0.29, 0.717) is 35.2 Å².